The van der Waals surface area contributed by atoms with Crippen molar-refractivity contribution in [3.63, 3.8) is 0 Å². The zero-order chi connectivity index (χ0) is 11.8. The van der Waals surface area contributed by atoms with Gasteiger partial charge in [-0.25, -0.2) is 0 Å². The van der Waals surface area contributed by atoms with Crippen LogP contribution in [0.25, 0.3) is 0 Å². The van der Waals surface area contributed by atoms with Crippen molar-refractivity contribution in [1.82, 2.24) is 4.90 Å². The highest BCUT2D eigenvalue weighted by atomic mass is 15.1. The minimum Gasteiger partial charge on any atom is -0.299 e. The molecule has 1 aromatic carbocycles. The van der Waals surface area contributed by atoms with Crippen molar-refractivity contribution in [3.8, 4) is 0 Å². The Morgan fingerprint density at radius 1 is 1.19 bits per heavy atom. The molecule has 0 bridgehead atoms. The van der Waals surface area contributed by atoms with Crippen molar-refractivity contribution in [2.24, 2.45) is 11.3 Å². The van der Waals surface area contributed by atoms with Crippen LogP contribution in [-0.4, -0.2) is 18.5 Å². The number of nitrogens with zero attached hydrogens (tertiary/aromatic N) is 1. The predicted octanol–water partition coefficient (Wildman–Crippen LogP) is 3.73. The van der Waals surface area contributed by atoms with Crippen molar-refractivity contribution in [1.29, 1.82) is 0 Å². The maximum absolute atomic E-state index is 2.51. The molecule has 1 nitrogen and oxygen atoms in total. The molecular formula is C15H23N. The van der Waals surface area contributed by atoms with Gasteiger partial charge >= 0.3 is 0 Å². The minimum atomic E-state index is 0.356. The summed E-state index contributed by atoms with van der Waals surface area (Å²) in [7, 11) is 2.26. The summed E-state index contributed by atoms with van der Waals surface area (Å²) in [5.41, 5.74) is 1.82. The Balaban J connectivity index is 2.36. The van der Waals surface area contributed by atoms with E-state index in [2.05, 4.69) is 63.1 Å². The SMILES string of the molecule is C[C@@H]1CCN(C)[C@H](c2ccccc2)C1(C)C. The molecule has 2 atom stereocenters. The Kier molecular flexibility index (Phi) is 3.07. The lowest BCUT2D eigenvalue weighted by Gasteiger charge is -2.49. The summed E-state index contributed by atoms with van der Waals surface area (Å²) in [5, 5.41) is 0. The van der Waals surface area contributed by atoms with Gasteiger partial charge in [-0.3, -0.25) is 4.90 Å². The van der Waals surface area contributed by atoms with Crippen LogP contribution in [0.3, 0.4) is 0 Å². The van der Waals surface area contributed by atoms with Crippen LogP contribution in [0.15, 0.2) is 30.3 Å². The molecule has 0 spiro atoms. The third-order valence-electron chi connectivity index (χ3n) is 4.45. The van der Waals surface area contributed by atoms with E-state index in [1.807, 2.05) is 0 Å². The van der Waals surface area contributed by atoms with Crippen molar-refractivity contribution in [2.45, 2.75) is 33.2 Å². The van der Waals surface area contributed by atoms with Crippen LogP contribution in [0.2, 0.25) is 0 Å². The first-order chi connectivity index (χ1) is 7.53. The summed E-state index contributed by atoms with van der Waals surface area (Å²) in [5.74, 6) is 0.786. The second kappa shape index (κ2) is 4.21. The Labute approximate surface area is 99.5 Å². The number of piperidine rings is 1. The van der Waals surface area contributed by atoms with Gasteiger partial charge in [0.25, 0.3) is 0 Å². The number of likely N-dealkylation sites (tertiary alicyclic amines) is 1. The van der Waals surface area contributed by atoms with Gasteiger partial charge in [0.05, 0.1) is 0 Å². The van der Waals surface area contributed by atoms with Gasteiger partial charge in [0, 0.05) is 6.04 Å². The standard InChI is InChI=1S/C15H23N/c1-12-10-11-16(4)14(15(12,2)3)13-8-6-5-7-9-13/h5-9,12,14H,10-11H2,1-4H3/t12-,14-/m1/s1. The first-order valence-corrected chi connectivity index (χ1v) is 6.28. The highest BCUT2D eigenvalue weighted by Gasteiger charge is 2.41. The summed E-state index contributed by atoms with van der Waals surface area (Å²) < 4.78 is 0. The Morgan fingerprint density at radius 2 is 1.81 bits per heavy atom. The molecule has 1 fully saturated rings. The first kappa shape index (κ1) is 11.7. The molecule has 0 aliphatic carbocycles. The van der Waals surface area contributed by atoms with E-state index in [4.69, 9.17) is 0 Å². The lowest BCUT2D eigenvalue weighted by atomic mass is 9.67. The van der Waals surface area contributed by atoms with Crippen LogP contribution in [0, 0.1) is 11.3 Å². The van der Waals surface area contributed by atoms with E-state index >= 15 is 0 Å². The molecule has 0 aromatic heterocycles. The van der Waals surface area contributed by atoms with E-state index in [-0.39, 0.29) is 0 Å². The molecule has 0 amide bonds. The summed E-state index contributed by atoms with van der Waals surface area (Å²) in [6, 6.07) is 11.5. The second-order valence-corrected chi connectivity index (χ2v) is 5.80. The van der Waals surface area contributed by atoms with Gasteiger partial charge in [-0.1, -0.05) is 51.1 Å². The summed E-state index contributed by atoms with van der Waals surface area (Å²) in [6.07, 6.45) is 1.31. The number of hydrogen-bond acceptors (Lipinski definition) is 1. The van der Waals surface area contributed by atoms with Crippen LogP contribution < -0.4 is 0 Å². The van der Waals surface area contributed by atoms with Crippen molar-refractivity contribution < 1.29 is 0 Å². The monoisotopic (exact) mass is 217 g/mol. The molecule has 88 valence electrons. The third-order valence-corrected chi connectivity index (χ3v) is 4.45. The predicted molar refractivity (Wildman–Crippen MR) is 69.4 cm³/mol. The molecule has 1 heterocycles. The fraction of sp³-hybridized carbons (Fsp3) is 0.600. The normalized spacial score (nSPS) is 30.2. The largest absolute Gasteiger partial charge is 0.299 e. The Bertz CT molecular complexity index is 342. The molecule has 1 heteroatoms. The molecule has 1 aromatic rings. The third kappa shape index (κ3) is 1.89. The van der Waals surface area contributed by atoms with E-state index in [0.29, 0.717) is 11.5 Å². The molecule has 0 N–H and O–H groups in total. The van der Waals surface area contributed by atoms with E-state index in [0.717, 1.165) is 5.92 Å². The van der Waals surface area contributed by atoms with Gasteiger partial charge in [-0.15, -0.1) is 0 Å². The molecule has 1 aliphatic heterocycles. The van der Waals surface area contributed by atoms with Gasteiger partial charge in [0.15, 0.2) is 0 Å². The fourth-order valence-electron chi connectivity index (χ4n) is 3.06. The van der Waals surface area contributed by atoms with Crippen molar-refractivity contribution in [2.75, 3.05) is 13.6 Å². The van der Waals surface area contributed by atoms with E-state index in [9.17, 15) is 0 Å². The van der Waals surface area contributed by atoms with Gasteiger partial charge in [0.2, 0.25) is 0 Å². The fourth-order valence-corrected chi connectivity index (χ4v) is 3.06. The quantitative estimate of drug-likeness (QED) is 0.693. The van der Waals surface area contributed by atoms with Crippen LogP contribution >= 0.6 is 0 Å². The zero-order valence-electron chi connectivity index (χ0n) is 10.9. The topological polar surface area (TPSA) is 3.24 Å². The van der Waals surface area contributed by atoms with Crippen LogP contribution in [0.5, 0.6) is 0 Å². The van der Waals surface area contributed by atoms with Crippen LogP contribution in [-0.2, 0) is 0 Å². The number of benzene rings is 1. The van der Waals surface area contributed by atoms with E-state index in [1.165, 1.54) is 18.5 Å². The van der Waals surface area contributed by atoms with Gasteiger partial charge in [0.1, 0.15) is 0 Å². The number of rotatable bonds is 1. The average molecular weight is 217 g/mol. The molecule has 0 saturated carbocycles. The summed E-state index contributed by atoms with van der Waals surface area (Å²) in [4.78, 5) is 2.51. The molecule has 2 rings (SSSR count). The Hall–Kier alpha value is -0.820. The van der Waals surface area contributed by atoms with Crippen LogP contribution in [0.1, 0.15) is 38.8 Å². The molecule has 0 radical (unpaired) electrons. The lowest BCUT2D eigenvalue weighted by Crippen LogP contribution is -2.45. The Morgan fingerprint density at radius 3 is 2.44 bits per heavy atom. The highest BCUT2D eigenvalue weighted by molar-refractivity contribution is 5.22. The van der Waals surface area contributed by atoms with Crippen molar-refractivity contribution >= 4 is 0 Å². The van der Waals surface area contributed by atoms with E-state index < -0.39 is 0 Å². The summed E-state index contributed by atoms with van der Waals surface area (Å²) in [6.45, 7) is 8.42. The first-order valence-electron chi connectivity index (χ1n) is 6.28. The lowest BCUT2D eigenvalue weighted by molar-refractivity contribution is 0.00986. The molecule has 0 unspecified atom stereocenters. The average Bonchev–Trinajstić information content (AvgIpc) is 2.25. The molecule has 16 heavy (non-hydrogen) atoms. The molecule has 1 aliphatic rings. The zero-order valence-corrected chi connectivity index (χ0v) is 10.9. The summed E-state index contributed by atoms with van der Waals surface area (Å²) >= 11 is 0. The van der Waals surface area contributed by atoms with Crippen LogP contribution in [0.4, 0.5) is 0 Å². The molecule has 1 saturated heterocycles. The van der Waals surface area contributed by atoms with Gasteiger partial charge in [-0.2, -0.15) is 0 Å². The number of hydrogen-bond donors (Lipinski definition) is 0. The highest BCUT2D eigenvalue weighted by Crippen LogP contribution is 2.47. The smallest absolute Gasteiger partial charge is 0.0398 e. The van der Waals surface area contributed by atoms with Gasteiger partial charge < -0.3 is 0 Å². The van der Waals surface area contributed by atoms with Crippen molar-refractivity contribution in [3.05, 3.63) is 35.9 Å². The minimum absolute atomic E-state index is 0.356. The van der Waals surface area contributed by atoms with Gasteiger partial charge in [-0.05, 0) is 36.9 Å². The second-order valence-electron chi connectivity index (χ2n) is 5.80. The maximum Gasteiger partial charge on any atom is 0.0398 e. The van der Waals surface area contributed by atoms with E-state index in [1.54, 1.807) is 0 Å². The maximum atomic E-state index is 2.51. The molecular weight excluding hydrogens is 194 g/mol.